The molecule has 1 aromatic heterocycles. The minimum absolute atomic E-state index is 0.103. The zero-order valence-electron chi connectivity index (χ0n) is 12.0. The lowest BCUT2D eigenvalue weighted by Crippen LogP contribution is -2.34. The Morgan fingerprint density at radius 2 is 2.00 bits per heavy atom. The summed E-state index contributed by atoms with van der Waals surface area (Å²) in [5.74, 6) is -0.503. The van der Waals surface area contributed by atoms with Gasteiger partial charge in [-0.3, -0.25) is 4.79 Å². The van der Waals surface area contributed by atoms with Crippen LogP contribution in [0.15, 0.2) is 28.8 Å². The van der Waals surface area contributed by atoms with Gasteiger partial charge >= 0.3 is 11.8 Å². The molecule has 0 aliphatic heterocycles. The largest absolute Gasteiger partial charge is 0.344 e. The summed E-state index contributed by atoms with van der Waals surface area (Å²) in [6, 6.07) is 5.87. The molecule has 3 rings (SSSR count). The quantitative estimate of drug-likeness (QED) is 0.899. The Morgan fingerprint density at radius 3 is 2.68 bits per heavy atom. The van der Waals surface area contributed by atoms with Crippen LogP contribution in [-0.2, 0) is 12.1 Å². The zero-order valence-corrected chi connectivity index (χ0v) is 12.0. The molecule has 22 heavy (non-hydrogen) atoms. The van der Waals surface area contributed by atoms with Gasteiger partial charge in [-0.1, -0.05) is 30.1 Å². The first-order valence-electron chi connectivity index (χ1n) is 7.22. The van der Waals surface area contributed by atoms with E-state index in [1.165, 1.54) is 12.1 Å². The SMILES string of the molecule is NC1(c2noc(C(=O)NCc3ccc(F)cc3)n2)CCCC1. The van der Waals surface area contributed by atoms with E-state index in [0.29, 0.717) is 5.82 Å². The van der Waals surface area contributed by atoms with Crippen molar-refractivity contribution in [2.24, 2.45) is 5.73 Å². The highest BCUT2D eigenvalue weighted by Crippen LogP contribution is 2.34. The van der Waals surface area contributed by atoms with Gasteiger partial charge in [-0.15, -0.1) is 0 Å². The zero-order chi connectivity index (χ0) is 15.6. The smallest absolute Gasteiger partial charge is 0.316 e. The molecule has 1 aliphatic carbocycles. The van der Waals surface area contributed by atoms with Crippen LogP contribution in [0, 0.1) is 5.82 Å². The molecule has 1 fully saturated rings. The molecule has 0 radical (unpaired) electrons. The van der Waals surface area contributed by atoms with E-state index in [4.69, 9.17) is 10.3 Å². The van der Waals surface area contributed by atoms with Gasteiger partial charge in [0, 0.05) is 6.54 Å². The normalized spacial score (nSPS) is 16.6. The number of carbonyl (C=O) groups is 1. The second kappa shape index (κ2) is 5.84. The number of benzene rings is 1. The Labute approximate surface area is 126 Å². The van der Waals surface area contributed by atoms with Crippen LogP contribution in [0.1, 0.15) is 47.8 Å². The van der Waals surface area contributed by atoms with E-state index >= 15 is 0 Å². The van der Waals surface area contributed by atoms with Gasteiger partial charge in [0.15, 0.2) is 5.82 Å². The third kappa shape index (κ3) is 2.99. The van der Waals surface area contributed by atoms with Crippen LogP contribution in [0.25, 0.3) is 0 Å². The summed E-state index contributed by atoms with van der Waals surface area (Å²) in [5.41, 5.74) is 6.41. The molecule has 116 valence electrons. The highest BCUT2D eigenvalue weighted by molar-refractivity contribution is 5.89. The summed E-state index contributed by atoms with van der Waals surface area (Å²) in [6.07, 6.45) is 3.64. The summed E-state index contributed by atoms with van der Waals surface area (Å²) < 4.78 is 17.8. The van der Waals surface area contributed by atoms with Gasteiger partial charge in [0.25, 0.3) is 0 Å². The Bertz CT molecular complexity index is 662. The molecule has 0 bridgehead atoms. The van der Waals surface area contributed by atoms with Gasteiger partial charge in [0.2, 0.25) is 0 Å². The Kier molecular flexibility index (Phi) is 3.89. The third-order valence-electron chi connectivity index (χ3n) is 3.93. The highest BCUT2D eigenvalue weighted by atomic mass is 19.1. The van der Waals surface area contributed by atoms with Gasteiger partial charge in [-0.25, -0.2) is 4.39 Å². The fourth-order valence-corrected chi connectivity index (χ4v) is 2.61. The molecule has 7 heteroatoms. The molecule has 0 unspecified atom stereocenters. The van der Waals surface area contributed by atoms with Crippen LogP contribution in [-0.4, -0.2) is 16.0 Å². The van der Waals surface area contributed by atoms with E-state index in [-0.39, 0.29) is 18.3 Å². The summed E-state index contributed by atoms with van der Waals surface area (Å²) in [7, 11) is 0. The van der Waals surface area contributed by atoms with E-state index < -0.39 is 11.4 Å². The number of nitrogens with zero attached hydrogens (tertiary/aromatic N) is 2. The van der Waals surface area contributed by atoms with Crippen molar-refractivity contribution in [1.82, 2.24) is 15.5 Å². The number of aromatic nitrogens is 2. The number of nitrogens with one attached hydrogen (secondary N) is 1. The Balaban J connectivity index is 1.63. The van der Waals surface area contributed by atoms with Crippen LogP contribution in [0.5, 0.6) is 0 Å². The average Bonchev–Trinajstić information content (AvgIpc) is 3.16. The maximum atomic E-state index is 12.8. The minimum Gasteiger partial charge on any atom is -0.344 e. The van der Waals surface area contributed by atoms with E-state index in [9.17, 15) is 9.18 Å². The molecule has 0 atom stereocenters. The summed E-state index contributed by atoms with van der Waals surface area (Å²) >= 11 is 0. The predicted octanol–water partition coefficient (Wildman–Crippen LogP) is 1.87. The number of nitrogens with two attached hydrogens (primary N) is 1. The average molecular weight is 304 g/mol. The second-order valence-electron chi connectivity index (χ2n) is 5.60. The van der Waals surface area contributed by atoms with Crippen molar-refractivity contribution in [1.29, 1.82) is 0 Å². The molecule has 2 aromatic rings. The van der Waals surface area contributed by atoms with Crippen LogP contribution in [0.4, 0.5) is 4.39 Å². The van der Waals surface area contributed by atoms with Crippen molar-refractivity contribution in [2.45, 2.75) is 37.8 Å². The van der Waals surface area contributed by atoms with E-state index in [2.05, 4.69) is 15.5 Å². The lowest BCUT2D eigenvalue weighted by atomic mass is 9.99. The number of carbonyl (C=O) groups excluding carboxylic acids is 1. The molecule has 1 aromatic carbocycles. The first-order chi connectivity index (χ1) is 10.6. The van der Waals surface area contributed by atoms with Crippen molar-refractivity contribution >= 4 is 5.91 Å². The number of amides is 1. The fraction of sp³-hybridized carbons (Fsp3) is 0.400. The number of hydrogen-bond donors (Lipinski definition) is 2. The molecule has 1 aliphatic rings. The second-order valence-corrected chi connectivity index (χ2v) is 5.60. The number of rotatable bonds is 4. The van der Waals surface area contributed by atoms with Gasteiger partial charge in [0.1, 0.15) is 5.82 Å². The van der Waals surface area contributed by atoms with Crippen molar-refractivity contribution in [3.8, 4) is 0 Å². The molecule has 1 heterocycles. The van der Waals surface area contributed by atoms with Gasteiger partial charge in [-0.05, 0) is 30.5 Å². The van der Waals surface area contributed by atoms with Crippen molar-refractivity contribution in [2.75, 3.05) is 0 Å². The molecule has 0 saturated heterocycles. The third-order valence-corrected chi connectivity index (χ3v) is 3.93. The van der Waals surface area contributed by atoms with Gasteiger partial charge in [0.05, 0.1) is 5.54 Å². The molecule has 3 N–H and O–H groups in total. The topological polar surface area (TPSA) is 94.0 Å². The highest BCUT2D eigenvalue weighted by Gasteiger charge is 2.36. The lowest BCUT2D eigenvalue weighted by molar-refractivity contribution is 0.0907. The van der Waals surface area contributed by atoms with Crippen LogP contribution < -0.4 is 11.1 Å². The van der Waals surface area contributed by atoms with E-state index in [1.54, 1.807) is 12.1 Å². The number of hydrogen-bond acceptors (Lipinski definition) is 5. The van der Waals surface area contributed by atoms with Crippen LogP contribution in [0.3, 0.4) is 0 Å². The standard InChI is InChI=1S/C15H17FN4O2/c16-11-5-3-10(4-6-11)9-18-12(21)13-19-14(20-22-13)15(17)7-1-2-8-15/h3-6H,1-2,7-9,17H2,(H,18,21). The first-order valence-corrected chi connectivity index (χ1v) is 7.22. The van der Waals surface area contributed by atoms with Gasteiger partial charge < -0.3 is 15.6 Å². The Hall–Kier alpha value is -2.28. The van der Waals surface area contributed by atoms with Crippen molar-refractivity contribution in [3.63, 3.8) is 0 Å². The monoisotopic (exact) mass is 304 g/mol. The van der Waals surface area contributed by atoms with Crippen molar-refractivity contribution in [3.05, 3.63) is 47.4 Å². The van der Waals surface area contributed by atoms with Crippen LogP contribution in [0.2, 0.25) is 0 Å². The van der Waals surface area contributed by atoms with E-state index in [1.807, 2.05) is 0 Å². The molecule has 6 nitrogen and oxygen atoms in total. The number of halogens is 1. The predicted molar refractivity (Wildman–Crippen MR) is 76.2 cm³/mol. The summed E-state index contributed by atoms with van der Waals surface area (Å²) in [6.45, 7) is 0.255. The van der Waals surface area contributed by atoms with E-state index in [0.717, 1.165) is 31.2 Å². The maximum Gasteiger partial charge on any atom is 0.316 e. The summed E-state index contributed by atoms with van der Waals surface area (Å²) in [5, 5.41) is 6.49. The molecule has 0 spiro atoms. The lowest BCUT2D eigenvalue weighted by Gasteiger charge is -2.17. The van der Waals surface area contributed by atoms with Gasteiger partial charge in [-0.2, -0.15) is 4.98 Å². The first kappa shape index (κ1) is 14.6. The molecule has 1 saturated carbocycles. The summed E-state index contributed by atoms with van der Waals surface area (Å²) in [4.78, 5) is 16.1. The maximum absolute atomic E-state index is 12.8. The van der Waals surface area contributed by atoms with Crippen molar-refractivity contribution < 1.29 is 13.7 Å². The molecular weight excluding hydrogens is 287 g/mol. The molecule has 1 amide bonds. The fourth-order valence-electron chi connectivity index (χ4n) is 2.61. The molecular formula is C15H17FN4O2. The minimum atomic E-state index is -0.584. The Morgan fingerprint density at radius 1 is 1.32 bits per heavy atom. The van der Waals surface area contributed by atoms with Crippen LogP contribution >= 0.6 is 0 Å².